The first-order valence-electron chi connectivity index (χ1n) is 7.50. The van der Waals surface area contributed by atoms with Gasteiger partial charge in [0.15, 0.2) is 0 Å². The molecule has 3 aromatic carbocycles. The number of nitrogens with zero attached hydrogens (tertiary/aromatic N) is 1. The van der Waals surface area contributed by atoms with Gasteiger partial charge >= 0.3 is 0 Å². The summed E-state index contributed by atoms with van der Waals surface area (Å²) in [5.74, 6) is -0.732. The molecule has 0 bridgehead atoms. The molecule has 0 saturated carbocycles. The van der Waals surface area contributed by atoms with Gasteiger partial charge in [-0.1, -0.05) is 66.2 Å². The Morgan fingerprint density at radius 2 is 1.33 bits per heavy atom. The zero-order chi connectivity index (χ0) is 16.7. The summed E-state index contributed by atoms with van der Waals surface area (Å²) in [6, 6.07) is 22.0. The van der Waals surface area contributed by atoms with E-state index in [1.165, 1.54) is 4.90 Å². The van der Waals surface area contributed by atoms with Crippen molar-refractivity contribution in [2.45, 2.75) is 0 Å². The van der Waals surface area contributed by atoms with Gasteiger partial charge in [-0.05, 0) is 23.8 Å². The normalized spacial score (nSPS) is 13.3. The Bertz CT molecular complexity index is 966. The summed E-state index contributed by atoms with van der Waals surface area (Å²) < 4.78 is 0. The van der Waals surface area contributed by atoms with E-state index in [4.69, 9.17) is 11.6 Å². The van der Waals surface area contributed by atoms with Crippen LogP contribution in [0.25, 0.3) is 11.1 Å². The van der Waals surface area contributed by atoms with Crippen LogP contribution in [0, 0.1) is 0 Å². The summed E-state index contributed by atoms with van der Waals surface area (Å²) >= 11 is 6.14. The number of hydrogen-bond acceptors (Lipinski definition) is 2. The third-order valence-electron chi connectivity index (χ3n) is 4.09. The van der Waals surface area contributed by atoms with E-state index >= 15 is 0 Å². The molecule has 0 aromatic heterocycles. The molecule has 0 radical (unpaired) electrons. The minimum atomic E-state index is -0.385. The molecule has 116 valence electrons. The first-order chi connectivity index (χ1) is 11.7. The highest BCUT2D eigenvalue weighted by Crippen LogP contribution is 2.37. The molecule has 0 atom stereocenters. The van der Waals surface area contributed by atoms with Crippen LogP contribution in [0.1, 0.15) is 20.7 Å². The van der Waals surface area contributed by atoms with E-state index in [9.17, 15) is 9.59 Å². The monoisotopic (exact) mass is 333 g/mol. The number of carbonyl (C=O) groups is 2. The van der Waals surface area contributed by atoms with Gasteiger partial charge in [-0.15, -0.1) is 0 Å². The maximum Gasteiger partial charge on any atom is 0.267 e. The number of imide groups is 1. The minimum Gasteiger partial charge on any atom is -0.268 e. The van der Waals surface area contributed by atoms with Crippen LogP contribution < -0.4 is 4.90 Å². The number of para-hydroxylation sites is 1. The van der Waals surface area contributed by atoms with E-state index in [0.29, 0.717) is 16.3 Å². The maximum atomic E-state index is 12.8. The predicted molar refractivity (Wildman–Crippen MR) is 94.5 cm³/mol. The average Bonchev–Trinajstić information content (AvgIpc) is 2.88. The minimum absolute atomic E-state index is 0.270. The Morgan fingerprint density at radius 3 is 2.08 bits per heavy atom. The van der Waals surface area contributed by atoms with Crippen molar-refractivity contribution in [3.63, 3.8) is 0 Å². The van der Waals surface area contributed by atoms with Crippen molar-refractivity contribution in [1.29, 1.82) is 0 Å². The predicted octanol–water partition coefficient (Wildman–Crippen LogP) is 4.81. The van der Waals surface area contributed by atoms with Crippen LogP contribution in [-0.4, -0.2) is 11.8 Å². The Hall–Kier alpha value is -2.91. The molecule has 4 heteroatoms. The highest BCUT2D eigenvalue weighted by Gasteiger charge is 2.39. The fraction of sp³-hybridized carbons (Fsp3) is 0. The van der Waals surface area contributed by atoms with Crippen LogP contribution >= 0.6 is 11.6 Å². The van der Waals surface area contributed by atoms with Gasteiger partial charge in [0.1, 0.15) is 0 Å². The van der Waals surface area contributed by atoms with E-state index in [-0.39, 0.29) is 17.4 Å². The molecule has 4 rings (SSSR count). The number of anilines is 1. The fourth-order valence-corrected chi connectivity index (χ4v) is 3.25. The molecule has 24 heavy (non-hydrogen) atoms. The quantitative estimate of drug-likeness (QED) is 0.631. The lowest BCUT2D eigenvalue weighted by Crippen LogP contribution is -2.29. The summed E-state index contributed by atoms with van der Waals surface area (Å²) in [6.07, 6.45) is 0. The van der Waals surface area contributed by atoms with Gasteiger partial charge < -0.3 is 0 Å². The summed E-state index contributed by atoms with van der Waals surface area (Å²) in [6.45, 7) is 0. The molecule has 2 amide bonds. The van der Waals surface area contributed by atoms with Gasteiger partial charge in [-0.25, -0.2) is 4.90 Å². The van der Waals surface area contributed by atoms with Crippen molar-refractivity contribution in [3.05, 3.63) is 88.9 Å². The summed E-state index contributed by atoms with van der Waals surface area (Å²) in [5.41, 5.74) is 2.94. The van der Waals surface area contributed by atoms with E-state index < -0.39 is 0 Å². The number of benzene rings is 3. The molecule has 3 nitrogen and oxygen atoms in total. The number of hydrogen-bond donors (Lipinski definition) is 0. The van der Waals surface area contributed by atoms with Crippen LogP contribution in [0.5, 0.6) is 0 Å². The molecule has 0 N–H and O–H groups in total. The Kier molecular flexibility index (Phi) is 3.44. The molecular formula is C20H12ClNO2. The second kappa shape index (κ2) is 5.62. The summed E-state index contributed by atoms with van der Waals surface area (Å²) in [5, 5.41) is 0.297. The van der Waals surface area contributed by atoms with Crippen molar-refractivity contribution < 1.29 is 9.59 Å². The van der Waals surface area contributed by atoms with E-state index in [0.717, 1.165) is 11.1 Å². The van der Waals surface area contributed by atoms with Gasteiger partial charge in [-0.3, -0.25) is 9.59 Å². The zero-order valence-electron chi connectivity index (χ0n) is 12.6. The van der Waals surface area contributed by atoms with Crippen molar-refractivity contribution in [2.75, 3.05) is 4.90 Å². The molecule has 0 unspecified atom stereocenters. The number of halogens is 1. The largest absolute Gasteiger partial charge is 0.268 e. The molecule has 3 aromatic rings. The Labute approximate surface area is 144 Å². The van der Waals surface area contributed by atoms with Crippen LogP contribution in [0.2, 0.25) is 5.02 Å². The molecule has 1 aliphatic rings. The topological polar surface area (TPSA) is 37.4 Å². The van der Waals surface area contributed by atoms with Crippen LogP contribution in [0.3, 0.4) is 0 Å². The first kappa shape index (κ1) is 14.7. The van der Waals surface area contributed by atoms with Crippen molar-refractivity contribution >= 4 is 29.1 Å². The van der Waals surface area contributed by atoms with Gasteiger partial charge in [0, 0.05) is 5.56 Å². The number of fused-ring (bicyclic) bond motifs is 1. The lowest BCUT2D eigenvalue weighted by atomic mass is 10.0. The average molecular weight is 334 g/mol. The smallest absolute Gasteiger partial charge is 0.267 e. The molecule has 0 aliphatic carbocycles. The lowest BCUT2D eigenvalue weighted by Gasteiger charge is -2.18. The number of carbonyl (C=O) groups excluding carboxylic acids is 2. The molecular weight excluding hydrogens is 322 g/mol. The molecule has 1 heterocycles. The highest BCUT2D eigenvalue weighted by molar-refractivity contribution is 6.42. The van der Waals surface area contributed by atoms with Crippen molar-refractivity contribution in [1.82, 2.24) is 0 Å². The van der Waals surface area contributed by atoms with Crippen molar-refractivity contribution in [2.24, 2.45) is 0 Å². The van der Waals surface area contributed by atoms with Gasteiger partial charge in [0.05, 0.1) is 21.8 Å². The van der Waals surface area contributed by atoms with E-state index in [1.807, 2.05) is 48.5 Å². The molecule has 0 saturated heterocycles. The Balaban J connectivity index is 1.89. The second-order valence-electron chi connectivity index (χ2n) is 5.49. The molecule has 0 fully saturated rings. The standard InChI is InChI=1S/C20H12ClNO2/c21-16-11-6-10-15-18(16)20(24)22(19(15)23)17-12-5-4-9-14(17)13-7-2-1-3-8-13/h1-12H. The van der Waals surface area contributed by atoms with Gasteiger partial charge in [0.2, 0.25) is 0 Å². The van der Waals surface area contributed by atoms with Crippen molar-refractivity contribution in [3.8, 4) is 11.1 Å². The molecule has 0 spiro atoms. The van der Waals surface area contributed by atoms with Gasteiger partial charge in [0.25, 0.3) is 11.8 Å². The van der Waals surface area contributed by atoms with Crippen LogP contribution in [0.15, 0.2) is 72.8 Å². The lowest BCUT2D eigenvalue weighted by molar-refractivity contribution is 0.0926. The second-order valence-corrected chi connectivity index (χ2v) is 5.90. The molecule has 1 aliphatic heterocycles. The highest BCUT2D eigenvalue weighted by atomic mass is 35.5. The fourth-order valence-electron chi connectivity index (χ4n) is 2.99. The first-order valence-corrected chi connectivity index (χ1v) is 7.88. The van der Waals surface area contributed by atoms with E-state index in [1.54, 1.807) is 24.3 Å². The summed E-state index contributed by atoms with van der Waals surface area (Å²) in [7, 11) is 0. The maximum absolute atomic E-state index is 12.8. The van der Waals surface area contributed by atoms with E-state index in [2.05, 4.69) is 0 Å². The van der Waals surface area contributed by atoms with Crippen LogP contribution in [0.4, 0.5) is 5.69 Å². The number of amides is 2. The van der Waals surface area contributed by atoms with Crippen LogP contribution in [-0.2, 0) is 0 Å². The summed E-state index contributed by atoms with van der Waals surface area (Å²) in [4.78, 5) is 26.8. The van der Waals surface area contributed by atoms with Gasteiger partial charge in [-0.2, -0.15) is 0 Å². The number of rotatable bonds is 2. The third kappa shape index (κ3) is 2.14. The SMILES string of the molecule is O=C1c2cccc(Cl)c2C(=O)N1c1ccccc1-c1ccccc1. The zero-order valence-corrected chi connectivity index (χ0v) is 13.3. The Morgan fingerprint density at radius 1 is 0.667 bits per heavy atom. The third-order valence-corrected chi connectivity index (χ3v) is 4.41.